The molecule has 0 saturated heterocycles. The van der Waals surface area contributed by atoms with Gasteiger partial charge in [0.05, 0.1) is 26.1 Å². The number of aromatic nitrogens is 4. The maximum absolute atomic E-state index is 12.2. The van der Waals surface area contributed by atoms with Crippen molar-refractivity contribution in [2.45, 2.75) is 20.0 Å². The fourth-order valence-electron chi connectivity index (χ4n) is 2.32. The van der Waals surface area contributed by atoms with Crippen LogP contribution in [-0.2, 0) is 17.9 Å². The van der Waals surface area contributed by atoms with Crippen LogP contribution in [0, 0.1) is 5.92 Å². The van der Waals surface area contributed by atoms with Crippen LogP contribution in [0.4, 0.5) is 0 Å². The largest absolute Gasteiger partial charge is 0.497 e. The third-order valence-corrected chi connectivity index (χ3v) is 4.73. The summed E-state index contributed by atoms with van der Waals surface area (Å²) in [6.45, 7) is 2.83. The molecule has 0 unspecified atom stereocenters. The third kappa shape index (κ3) is 4.42. The Bertz CT molecular complexity index is 831. The lowest BCUT2D eigenvalue weighted by Gasteiger charge is -2.11. The van der Waals surface area contributed by atoms with Gasteiger partial charge < -0.3 is 10.1 Å². The standard InChI is InChI=1S/C17H19N5O2S/c1-12(9-22-11-18-10-21-22)16(23)19-7-15-8-20-17(25-15)13-4-3-5-14(6-13)24-2/h3-6,8,10-12H,7,9H2,1-2H3,(H,19,23)/t12-/m0/s1. The summed E-state index contributed by atoms with van der Waals surface area (Å²) in [5.41, 5.74) is 1.00. The molecule has 8 heteroatoms. The predicted molar refractivity (Wildman–Crippen MR) is 95.1 cm³/mol. The van der Waals surface area contributed by atoms with Gasteiger partial charge in [-0.05, 0) is 12.1 Å². The number of nitrogens with one attached hydrogen (secondary N) is 1. The Kier molecular flexibility index (Phi) is 5.39. The highest BCUT2D eigenvalue weighted by atomic mass is 32.1. The van der Waals surface area contributed by atoms with E-state index in [-0.39, 0.29) is 11.8 Å². The zero-order valence-corrected chi connectivity index (χ0v) is 14.9. The monoisotopic (exact) mass is 357 g/mol. The molecule has 25 heavy (non-hydrogen) atoms. The van der Waals surface area contributed by atoms with Crippen LogP contribution < -0.4 is 10.1 Å². The van der Waals surface area contributed by atoms with E-state index in [2.05, 4.69) is 20.4 Å². The Balaban J connectivity index is 1.57. The number of hydrogen-bond acceptors (Lipinski definition) is 6. The molecule has 0 spiro atoms. The van der Waals surface area contributed by atoms with Gasteiger partial charge in [0.1, 0.15) is 23.4 Å². The van der Waals surface area contributed by atoms with Crippen molar-refractivity contribution in [3.05, 3.63) is 48.0 Å². The Labute approximate surface area is 149 Å². The van der Waals surface area contributed by atoms with Gasteiger partial charge in [-0.2, -0.15) is 5.10 Å². The van der Waals surface area contributed by atoms with E-state index in [4.69, 9.17) is 4.74 Å². The number of ether oxygens (including phenoxy) is 1. The van der Waals surface area contributed by atoms with Crippen molar-refractivity contribution in [1.29, 1.82) is 0 Å². The van der Waals surface area contributed by atoms with E-state index in [9.17, 15) is 4.79 Å². The summed E-state index contributed by atoms with van der Waals surface area (Å²) in [7, 11) is 1.64. The number of thiazole rings is 1. The number of benzene rings is 1. The average molecular weight is 357 g/mol. The van der Waals surface area contributed by atoms with E-state index in [1.807, 2.05) is 31.2 Å². The normalized spacial score (nSPS) is 11.9. The van der Waals surface area contributed by atoms with Gasteiger partial charge in [0.25, 0.3) is 0 Å². The summed E-state index contributed by atoms with van der Waals surface area (Å²) in [5.74, 6) is 0.587. The van der Waals surface area contributed by atoms with Crippen molar-refractivity contribution in [2.75, 3.05) is 7.11 Å². The molecule has 3 rings (SSSR count). The molecule has 0 aliphatic carbocycles. The summed E-state index contributed by atoms with van der Waals surface area (Å²) in [6, 6.07) is 7.77. The number of nitrogens with zero attached hydrogens (tertiary/aromatic N) is 4. The first kappa shape index (κ1) is 17.1. The van der Waals surface area contributed by atoms with Crippen molar-refractivity contribution in [1.82, 2.24) is 25.1 Å². The van der Waals surface area contributed by atoms with Crippen LogP contribution in [0.15, 0.2) is 43.1 Å². The molecule has 0 bridgehead atoms. The first-order valence-corrected chi connectivity index (χ1v) is 8.66. The van der Waals surface area contributed by atoms with Crippen molar-refractivity contribution >= 4 is 17.2 Å². The van der Waals surface area contributed by atoms with Gasteiger partial charge in [-0.15, -0.1) is 11.3 Å². The molecule has 130 valence electrons. The second-order valence-electron chi connectivity index (χ2n) is 5.60. The van der Waals surface area contributed by atoms with Gasteiger partial charge in [-0.1, -0.05) is 19.1 Å². The van der Waals surface area contributed by atoms with Crippen molar-refractivity contribution in [2.24, 2.45) is 5.92 Å². The van der Waals surface area contributed by atoms with Crippen LogP contribution in [0.25, 0.3) is 10.6 Å². The molecule has 2 heterocycles. The SMILES string of the molecule is COc1cccc(-c2ncc(CNC(=O)[C@@H](C)Cn3cncn3)s2)c1. The van der Waals surface area contributed by atoms with Gasteiger partial charge in [0.15, 0.2) is 0 Å². The molecule has 0 radical (unpaired) electrons. The molecule has 0 saturated carbocycles. The van der Waals surface area contributed by atoms with Crippen molar-refractivity contribution < 1.29 is 9.53 Å². The number of methoxy groups -OCH3 is 1. The van der Waals surface area contributed by atoms with E-state index in [0.29, 0.717) is 13.1 Å². The zero-order chi connectivity index (χ0) is 17.6. The number of hydrogen-bond donors (Lipinski definition) is 1. The van der Waals surface area contributed by atoms with Crippen molar-refractivity contribution in [3.63, 3.8) is 0 Å². The molecule has 0 aliphatic rings. The molecule has 1 aromatic carbocycles. The molecule has 3 aromatic rings. The number of carbonyl (C=O) groups excluding carboxylic acids is 1. The van der Waals surface area contributed by atoms with Crippen LogP contribution >= 0.6 is 11.3 Å². The molecule has 1 atom stereocenters. The van der Waals surface area contributed by atoms with E-state index >= 15 is 0 Å². The van der Waals surface area contributed by atoms with E-state index in [1.54, 1.807) is 35.7 Å². The highest BCUT2D eigenvalue weighted by Crippen LogP contribution is 2.27. The Hall–Kier alpha value is -2.74. The minimum absolute atomic E-state index is 0.0215. The zero-order valence-electron chi connectivity index (χ0n) is 14.0. The third-order valence-electron chi connectivity index (χ3n) is 3.68. The topological polar surface area (TPSA) is 81.9 Å². The molecule has 1 amide bonds. The van der Waals surface area contributed by atoms with Gasteiger partial charge in [0.2, 0.25) is 5.91 Å². The van der Waals surface area contributed by atoms with E-state index < -0.39 is 0 Å². The summed E-state index contributed by atoms with van der Waals surface area (Å²) < 4.78 is 6.89. The van der Waals surface area contributed by atoms with Crippen molar-refractivity contribution in [3.8, 4) is 16.3 Å². The van der Waals surface area contributed by atoms with E-state index in [0.717, 1.165) is 21.2 Å². The molecule has 0 fully saturated rings. The van der Waals surface area contributed by atoms with Crippen LogP contribution in [0.5, 0.6) is 5.75 Å². The summed E-state index contributed by atoms with van der Waals surface area (Å²) in [4.78, 5) is 21.5. The first-order valence-electron chi connectivity index (χ1n) is 7.85. The maximum Gasteiger partial charge on any atom is 0.224 e. The molecule has 0 aliphatic heterocycles. The van der Waals surface area contributed by atoms with Gasteiger partial charge in [-0.25, -0.2) is 9.97 Å². The Morgan fingerprint density at radius 3 is 3.08 bits per heavy atom. The molecule has 2 aromatic heterocycles. The first-order chi connectivity index (χ1) is 12.2. The van der Waals surface area contributed by atoms with Crippen LogP contribution in [0.1, 0.15) is 11.8 Å². The second-order valence-corrected chi connectivity index (χ2v) is 6.72. The highest BCUT2D eigenvalue weighted by Gasteiger charge is 2.14. The number of rotatable bonds is 7. The lowest BCUT2D eigenvalue weighted by atomic mass is 10.1. The second kappa shape index (κ2) is 7.89. The molecular formula is C17H19N5O2S. The van der Waals surface area contributed by atoms with Gasteiger partial charge >= 0.3 is 0 Å². The van der Waals surface area contributed by atoms with E-state index in [1.165, 1.54) is 6.33 Å². The molecule has 7 nitrogen and oxygen atoms in total. The minimum Gasteiger partial charge on any atom is -0.497 e. The quantitative estimate of drug-likeness (QED) is 0.702. The molecular weight excluding hydrogens is 338 g/mol. The number of amides is 1. The molecule has 1 N–H and O–H groups in total. The maximum atomic E-state index is 12.2. The number of carbonyl (C=O) groups is 1. The summed E-state index contributed by atoms with van der Waals surface area (Å²) in [6.07, 6.45) is 4.86. The highest BCUT2D eigenvalue weighted by molar-refractivity contribution is 7.15. The van der Waals surface area contributed by atoms with Crippen LogP contribution in [0.3, 0.4) is 0 Å². The lowest BCUT2D eigenvalue weighted by molar-refractivity contribution is -0.125. The Morgan fingerprint density at radius 2 is 2.32 bits per heavy atom. The minimum atomic E-state index is -0.188. The fraction of sp³-hybridized carbons (Fsp3) is 0.294. The fourth-order valence-corrected chi connectivity index (χ4v) is 3.17. The predicted octanol–water partition coefficient (Wildman–Crippen LogP) is 2.36. The average Bonchev–Trinajstić information content (AvgIpc) is 3.31. The lowest BCUT2D eigenvalue weighted by Crippen LogP contribution is -2.31. The summed E-state index contributed by atoms with van der Waals surface area (Å²) in [5, 5.41) is 7.86. The van der Waals surface area contributed by atoms with Crippen LogP contribution in [-0.4, -0.2) is 32.8 Å². The Morgan fingerprint density at radius 1 is 1.44 bits per heavy atom. The van der Waals surface area contributed by atoms with Gasteiger partial charge in [-0.3, -0.25) is 9.48 Å². The van der Waals surface area contributed by atoms with Gasteiger partial charge in [0, 0.05) is 16.6 Å². The van der Waals surface area contributed by atoms with Crippen LogP contribution in [0.2, 0.25) is 0 Å². The smallest absolute Gasteiger partial charge is 0.224 e. The summed E-state index contributed by atoms with van der Waals surface area (Å²) >= 11 is 1.56.